The number of para-hydroxylation sites is 1. The highest BCUT2D eigenvalue weighted by atomic mass is 16.5. The predicted octanol–water partition coefficient (Wildman–Crippen LogP) is 4.86. The van der Waals surface area contributed by atoms with Crippen LogP contribution in [-0.2, 0) is 4.74 Å². The van der Waals surface area contributed by atoms with Crippen molar-refractivity contribution < 1.29 is 14.3 Å². The van der Waals surface area contributed by atoms with E-state index in [0.29, 0.717) is 18.7 Å². The van der Waals surface area contributed by atoms with Gasteiger partial charge in [0.2, 0.25) is 0 Å². The van der Waals surface area contributed by atoms with E-state index in [1.165, 1.54) is 19.3 Å². The third-order valence-corrected chi connectivity index (χ3v) is 5.02. The van der Waals surface area contributed by atoms with E-state index in [0.717, 1.165) is 30.0 Å². The molecule has 0 spiro atoms. The van der Waals surface area contributed by atoms with Gasteiger partial charge < -0.3 is 19.7 Å². The number of ether oxygens (including phenoxy) is 2. The first kappa shape index (κ1) is 20.2. The lowest BCUT2D eigenvalue weighted by atomic mass is 10.0. The molecular weight excluding hydrogens is 352 g/mol. The first-order chi connectivity index (χ1) is 13.7. The van der Waals surface area contributed by atoms with Crippen LogP contribution >= 0.6 is 0 Å². The van der Waals surface area contributed by atoms with Crippen LogP contribution in [0.4, 0.5) is 5.69 Å². The SMILES string of the molecule is CCCCCCOc1ccc(C2Nc3ccccc3C(=O)N2CCOC)cc1. The van der Waals surface area contributed by atoms with Crippen molar-refractivity contribution in [1.29, 1.82) is 0 Å². The number of fused-ring (bicyclic) bond motifs is 1. The molecule has 3 rings (SSSR count). The summed E-state index contributed by atoms with van der Waals surface area (Å²) >= 11 is 0. The lowest BCUT2D eigenvalue weighted by molar-refractivity contribution is 0.0609. The van der Waals surface area contributed by atoms with Crippen LogP contribution in [0.2, 0.25) is 0 Å². The fourth-order valence-electron chi connectivity index (χ4n) is 3.44. The summed E-state index contributed by atoms with van der Waals surface area (Å²) in [6.45, 7) is 3.97. The number of rotatable bonds is 10. The summed E-state index contributed by atoms with van der Waals surface area (Å²) in [6.07, 6.45) is 4.54. The molecule has 0 saturated carbocycles. The van der Waals surface area contributed by atoms with E-state index >= 15 is 0 Å². The molecule has 1 atom stereocenters. The van der Waals surface area contributed by atoms with Gasteiger partial charge in [-0.05, 0) is 36.2 Å². The molecule has 0 bridgehead atoms. The molecule has 1 heterocycles. The molecule has 5 nitrogen and oxygen atoms in total. The Labute approximate surface area is 167 Å². The Morgan fingerprint density at radius 1 is 1.00 bits per heavy atom. The average molecular weight is 383 g/mol. The van der Waals surface area contributed by atoms with Crippen molar-refractivity contribution >= 4 is 11.6 Å². The van der Waals surface area contributed by atoms with Crippen molar-refractivity contribution in [3.05, 3.63) is 59.7 Å². The molecule has 2 aromatic carbocycles. The number of anilines is 1. The van der Waals surface area contributed by atoms with E-state index in [1.807, 2.05) is 53.4 Å². The summed E-state index contributed by atoms with van der Waals surface area (Å²) < 4.78 is 11.1. The number of methoxy groups -OCH3 is 1. The van der Waals surface area contributed by atoms with E-state index in [2.05, 4.69) is 12.2 Å². The maximum Gasteiger partial charge on any atom is 0.257 e. The molecule has 2 aromatic rings. The van der Waals surface area contributed by atoms with Crippen LogP contribution in [0.1, 0.15) is 54.7 Å². The maximum absolute atomic E-state index is 13.0. The lowest BCUT2D eigenvalue weighted by Gasteiger charge is -2.38. The van der Waals surface area contributed by atoms with Crippen LogP contribution in [0.25, 0.3) is 0 Å². The number of hydrogen-bond acceptors (Lipinski definition) is 4. The second-order valence-electron chi connectivity index (χ2n) is 7.06. The molecule has 0 aromatic heterocycles. The normalized spacial score (nSPS) is 15.9. The summed E-state index contributed by atoms with van der Waals surface area (Å²) in [4.78, 5) is 14.8. The van der Waals surface area contributed by atoms with Gasteiger partial charge in [0.1, 0.15) is 11.9 Å². The van der Waals surface area contributed by atoms with Crippen LogP contribution in [0.15, 0.2) is 48.5 Å². The first-order valence-corrected chi connectivity index (χ1v) is 10.1. The second-order valence-corrected chi connectivity index (χ2v) is 7.06. The van der Waals surface area contributed by atoms with Gasteiger partial charge in [0, 0.05) is 19.3 Å². The van der Waals surface area contributed by atoms with Gasteiger partial charge in [-0.3, -0.25) is 4.79 Å². The monoisotopic (exact) mass is 382 g/mol. The van der Waals surface area contributed by atoms with E-state index in [4.69, 9.17) is 9.47 Å². The number of carbonyl (C=O) groups is 1. The minimum Gasteiger partial charge on any atom is -0.494 e. The maximum atomic E-state index is 13.0. The largest absolute Gasteiger partial charge is 0.494 e. The molecule has 0 fully saturated rings. The fourth-order valence-corrected chi connectivity index (χ4v) is 3.44. The Morgan fingerprint density at radius 2 is 1.79 bits per heavy atom. The third kappa shape index (κ3) is 4.84. The number of nitrogens with one attached hydrogen (secondary N) is 1. The van der Waals surface area contributed by atoms with Crippen LogP contribution < -0.4 is 10.1 Å². The van der Waals surface area contributed by atoms with Crippen molar-refractivity contribution in [1.82, 2.24) is 4.90 Å². The minimum absolute atomic E-state index is 0.0210. The van der Waals surface area contributed by atoms with Gasteiger partial charge in [0.25, 0.3) is 5.91 Å². The smallest absolute Gasteiger partial charge is 0.257 e. The second kappa shape index (κ2) is 10.1. The Kier molecular flexibility index (Phi) is 7.31. The Balaban J connectivity index is 1.72. The van der Waals surface area contributed by atoms with Crippen LogP contribution in [0.3, 0.4) is 0 Å². The molecule has 1 amide bonds. The molecule has 5 heteroatoms. The van der Waals surface area contributed by atoms with Gasteiger partial charge in [-0.15, -0.1) is 0 Å². The number of unbranched alkanes of at least 4 members (excludes halogenated alkanes) is 3. The quantitative estimate of drug-likeness (QED) is 0.596. The molecular formula is C23H30N2O3. The molecule has 1 N–H and O–H groups in total. The van der Waals surface area contributed by atoms with Crippen LogP contribution in [0, 0.1) is 0 Å². The molecule has 28 heavy (non-hydrogen) atoms. The van der Waals surface area contributed by atoms with Crippen molar-refractivity contribution in [2.45, 2.75) is 38.8 Å². The summed E-state index contributed by atoms with van der Waals surface area (Å²) in [5.74, 6) is 0.888. The zero-order valence-corrected chi connectivity index (χ0v) is 16.8. The first-order valence-electron chi connectivity index (χ1n) is 10.1. The molecule has 0 radical (unpaired) electrons. The van der Waals surface area contributed by atoms with Gasteiger partial charge in [0.05, 0.1) is 18.8 Å². The molecule has 150 valence electrons. The van der Waals surface area contributed by atoms with Crippen LogP contribution in [-0.4, -0.2) is 37.7 Å². The number of carbonyl (C=O) groups excluding carboxylic acids is 1. The van der Waals surface area contributed by atoms with Gasteiger partial charge in [-0.2, -0.15) is 0 Å². The van der Waals surface area contributed by atoms with E-state index < -0.39 is 0 Å². The number of amides is 1. The standard InChI is InChI=1S/C23H30N2O3/c1-3-4-5-8-16-28-19-13-11-18(12-14-19)22-24-21-10-7-6-9-20(21)23(26)25(22)15-17-27-2/h6-7,9-14,22,24H,3-5,8,15-17H2,1-2H3. The molecule has 0 aliphatic carbocycles. The highest BCUT2D eigenvalue weighted by Crippen LogP contribution is 2.33. The zero-order chi connectivity index (χ0) is 19.8. The minimum atomic E-state index is -0.226. The topological polar surface area (TPSA) is 50.8 Å². The molecule has 1 unspecified atom stereocenters. The molecule has 0 saturated heterocycles. The van der Waals surface area contributed by atoms with E-state index in [9.17, 15) is 4.79 Å². The van der Waals surface area contributed by atoms with Gasteiger partial charge in [0.15, 0.2) is 0 Å². The predicted molar refractivity (Wildman–Crippen MR) is 112 cm³/mol. The van der Waals surface area contributed by atoms with Gasteiger partial charge in [-0.25, -0.2) is 0 Å². The highest BCUT2D eigenvalue weighted by molar-refractivity contribution is 6.01. The van der Waals surface area contributed by atoms with E-state index in [-0.39, 0.29) is 12.1 Å². The summed E-state index contributed by atoms with van der Waals surface area (Å²) in [5.41, 5.74) is 2.58. The molecule has 1 aliphatic heterocycles. The van der Waals surface area contributed by atoms with E-state index in [1.54, 1.807) is 7.11 Å². The van der Waals surface area contributed by atoms with Crippen molar-refractivity contribution in [2.24, 2.45) is 0 Å². The number of hydrogen-bond donors (Lipinski definition) is 1. The average Bonchev–Trinajstić information content (AvgIpc) is 2.73. The Bertz CT molecular complexity index is 761. The van der Waals surface area contributed by atoms with Crippen molar-refractivity contribution in [2.75, 3.05) is 32.2 Å². The Hall–Kier alpha value is -2.53. The summed E-state index contributed by atoms with van der Waals surface area (Å²) in [5, 5.41) is 3.50. The highest BCUT2D eigenvalue weighted by Gasteiger charge is 2.32. The van der Waals surface area contributed by atoms with Gasteiger partial charge >= 0.3 is 0 Å². The summed E-state index contributed by atoms with van der Waals surface area (Å²) in [6, 6.07) is 15.7. The molecule has 1 aliphatic rings. The van der Waals surface area contributed by atoms with Crippen molar-refractivity contribution in [3.8, 4) is 5.75 Å². The lowest BCUT2D eigenvalue weighted by Crippen LogP contribution is -2.44. The number of nitrogens with zero attached hydrogens (tertiary/aromatic N) is 1. The van der Waals surface area contributed by atoms with Crippen LogP contribution in [0.5, 0.6) is 5.75 Å². The Morgan fingerprint density at radius 3 is 2.54 bits per heavy atom. The van der Waals surface area contributed by atoms with Crippen molar-refractivity contribution in [3.63, 3.8) is 0 Å². The summed E-state index contributed by atoms with van der Waals surface area (Å²) in [7, 11) is 1.65. The fraction of sp³-hybridized carbons (Fsp3) is 0.435. The third-order valence-electron chi connectivity index (χ3n) is 5.02. The number of benzene rings is 2. The van der Waals surface area contributed by atoms with Gasteiger partial charge in [-0.1, -0.05) is 50.5 Å². The zero-order valence-electron chi connectivity index (χ0n) is 16.8.